The van der Waals surface area contributed by atoms with Gasteiger partial charge in [0.15, 0.2) is 0 Å². The standard InChI is InChI=1S/C13H15NO3/c1-9-11(15-2)5-4-10(12(9)16-3)13(6-14)7-17-8-13/h4-5H,7-8H2,1-3H3. The molecule has 1 aromatic rings. The largest absolute Gasteiger partial charge is 0.496 e. The predicted octanol–water partition coefficient (Wildman–Crippen LogP) is 1.80. The van der Waals surface area contributed by atoms with Crippen LogP contribution in [0.2, 0.25) is 0 Å². The third-order valence-electron chi connectivity index (χ3n) is 3.21. The Bertz CT molecular complexity index is 472. The van der Waals surface area contributed by atoms with Crippen LogP contribution in [0.3, 0.4) is 0 Å². The number of methoxy groups -OCH3 is 2. The molecule has 17 heavy (non-hydrogen) atoms. The molecule has 4 nitrogen and oxygen atoms in total. The normalized spacial score (nSPS) is 16.8. The molecule has 1 aliphatic rings. The first-order valence-electron chi connectivity index (χ1n) is 5.39. The molecule has 1 heterocycles. The van der Waals surface area contributed by atoms with Gasteiger partial charge in [-0.1, -0.05) is 0 Å². The molecule has 4 heteroatoms. The van der Waals surface area contributed by atoms with Crippen molar-refractivity contribution < 1.29 is 14.2 Å². The summed E-state index contributed by atoms with van der Waals surface area (Å²) in [6, 6.07) is 6.08. The first-order valence-corrected chi connectivity index (χ1v) is 5.39. The highest BCUT2D eigenvalue weighted by Crippen LogP contribution is 2.41. The van der Waals surface area contributed by atoms with Gasteiger partial charge in [0.1, 0.15) is 16.9 Å². The van der Waals surface area contributed by atoms with Crippen LogP contribution in [0.15, 0.2) is 12.1 Å². The summed E-state index contributed by atoms with van der Waals surface area (Å²) in [4.78, 5) is 0. The van der Waals surface area contributed by atoms with Crippen molar-refractivity contribution in [2.24, 2.45) is 0 Å². The van der Waals surface area contributed by atoms with Gasteiger partial charge in [-0.2, -0.15) is 5.26 Å². The monoisotopic (exact) mass is 233 g/mol. The van der Waals surface area contributed by atoms with E-state index in [4.69, 9.17) is 14.2 Å². The molecule has 0 spiro atoms. The van der Waals surface area contributed by atoms with Crippen molar-refractivity contribution in [1.82, 2.24) is 0 Å². The molecular formula is C13H15NO3. The fourth-order valence-corrected chi connectivity index (χ4v) is 2.12. The number of ether oxygens (including phenoxy) is 3. The molecule has 0 atom stereocenters. The fraction of sp³-hybridized carbons (Fsp3) is 0.462. The SMILES string of the molecule is COc1ccc(C2(C#N)COC2)c(OC)c1C. The Balaban J connectivity index is 2.56. The van der Waals surface area contributed by atoms with Crippen LogP contribution in [0.4, 0.5) is 0 Å². The lowest BCUT2D eigenvalue weighted by atomic mass is 9.79. The van der Waals surface area contributed by atoms with Crippen LogP contribution in [0.25, 0.3) is 0 Å². The van der Waals surface area contributed by atoms with Crippen molar-refractivity contribution in [3.8, 4) is 17.6 Å². The highest BCUT2D eigenvalue weighted by Gasteiger charge is 2.43. The Labute approximate surface area is 101 Å². The molecule has 1 saturated heterocycles. The van der Waals surface area contributed by atoms with Crippen LogP contribution in [0, 0.1) is 18.3 Å². The van der Waals surface area contributed by atoms with Crippen LogP contribution in [-0.4, -0.2) is 27.4 Å². The minimum absolute atomic E-state index is 0.422. The van der Waals surface area contributed by atoms with Gasteiger partial charge in [-0.25, -0.2) is 0 Å². The van der Waals surface area contributed by atoms with Gasteiger partial charge in [0.2, 0.25) is 0 Å². The summed E-state index contributed by atoms with van der Waals surface area (Å²) in [6.07, 6.45) is 0. The summed E-state index contributed by atoms with van der Waals surface area (Å²) in [7, 11) is 3.23. The minimum atomic E-state index is -0.567. The van der Waals surface area contributed by atoms with Crippen molar-refractivity contribution in [3.05, 3.63) is 23.3 Å². The molecule has 0 radical (unpaired) electrons. The molecule has 2 rings (SSSR count). The molecule has 0 unspecified atom stereocenters. The molecule has 0 saturated carbocycles. The average Bonchev–Trinajstić information content (AvgIpc) is 2.29. The number of nitriles is 1. The first kappa shape index (κ1) is 11.7. The molecule has 0 aliphatic carbocycles. The van der Waals surface area contributed by atoms with Gasteiger partial charge in [-0.3, -0.25) is 0 Å². The molecule has 1 aromatic carbocycles. The maximum atomic E-state index is 9.31. The molecule has 0 aromatic heterocycles. The minimum Gasteiger partial charge on any atom is -0.496 e. The quantitative estimate of drug-likeness (QED) is 0.798. The van der Waals surface area contributed by atoms with Crippen LogP contribution < -0.4 is 9.47 Å². The molecule has 0 amide bonds. The van der Waals surface area contributed by atoms with E-state index in [9.17, 15) is 5.26 Å². The lowest BCUT2D eigenvalue weighted by molar-refractivity contribution is -0.0307. The lowest BCUT2D eigenvalue weighted by Crippen LogP contribution is -2.45. The molecular weight excluding hydrogens is 218 g/mol. The van der Waals surface area contributed by atoms with Gasteiger partial charge in [-0.15, -0.1) is 0 Å². The van der Waals surface area contributed by atoms with E-state index in [1.54, 1.807) is 14.2 Å². The van der Waals surface area contributed by atoms with Gasteiger partial charge < -0.3 is 14.2 Å². The van der Waals surface area contributed by atoms with Gasteiger partial charge in [0, 0.05) is 11.1 Å². The Kier molecular flexibility index (Phi) is 2.95. The average molecular weight is 233 g/mol. The van der Waals surface area contributed by atoms with Crippen molar-refractivity contribution in [1.29, 1.82) is 5.26 Å². The second-order valence-electron chi connectivity index (χ2n) is 4.16. The summed E-state index contributed by atoms with van der Waals surface area (Å²) in [5.74, 6) is 1.48. The van der Waals surface area contributed by atoms with E-state index in [1.165, 1.54) is 0 Å². The van der Waals surface area contributed by atoms with E-state index in [0.29, 0.717) is 19.0 Å². The van der Waals surface area contributed by atoms with E-state index < -0.39 is 5.41 Å². The van der Waals surface area contributed by atoms with Gasteiger partial charge >= 0.3 is 0 Å². The number of hydrogen-bond donors (Lipinski definition) is 0. The van der Waals surface area contributed by atoms with E-state index >= 15 is 0 Å². The van der Waals surface area contributed by atoms with Crippen molar-refractivity contribution >= 4 is 0 Å². The Morgan fingerprint density at radius 1 is 1.29 bits per heavy atom. The van der Waals surface area contributed by atoms with Crippen LogP contribution in [0.5, 0.6) is 11.5 Å². The molecule has 1 fully saturated rings. The summed E-state index contributed by atoms with van der Waals surface area (Å²) < 4.78 is 15.8. The van der Waals surface area contributed by atoms with Crippen LogP contribution in [0.1, 0.15) is 11.1 Å². The number of rotatable bonds is 3. The summed E-state index contributed by atoms with van der Waals surface area (Å²) in [5, 5.41) is 9.31. The third-order valence-corrected chi connectivity index (χ3v) is 3.21. The number of benzene rings is 1. The topological polar surface area (TPSA) is 51.5 Å². The maximum absolute atomic E-state index is 9.31. The zero-order chi connectivity index (χ0) is 12.5. The zero-order valence-electron chi connectivity index (χ0n) is 10.2. The lowest BCUT2D eigenvalue weighted by Gasteiger charge is -2.36. The summed E-state index contributed by atoms with van der Waals surface area (Å²) in [6.45, 7) is 2.77. The van der Waals surface area contributed by atoms with E-state index in [0.717, 1.165) is 16.9 Å². The van der Waals surface area contributed by atoms with Crippen molar-refractivity contribution in [3.63, 3.8) is 0 Å². The van der Waals surface area contributed by atoms with Gasteiger partial charge in [0.25, 0.3) is 0 Å². The van der Waals surface area contributed by atoms with Gasteiger partial charge in [0.05, 0.1) is 33.5 Å². The second-order valence-corrected chi connectivity index (χ2v) is 4.16. The third kappa shape index (κ3) is 1.63. The summed E-state index contributed by atoms with van der Waals surface area (Å²) in [5.41, 5.74) is 1.23. The Morgan fingerprint density at radius 3 is 2.41 bits per heavy atom. The first-order chi connectivity index (χ1) is 8.18. The predicted molar refractivity (Wildman–Crippen MR) is 62.4 cm³/mol. The number of nitrogens with zero attached hydrogens (tertiary/aromatic N) is 1. The van der Waals surface area contributed by atoms with Crippen molar-refractivity contribution in [2.45, 2.75) is 12.3 Å². The van der Waals surface area contributed by atoms with Crippen LogP contribution >= 0.6 is 0 Å². The van der Waals surface area contributed by atoms with Crippen LogP contribution in [-0.2, 0) is 10.2 Å². The summed E-state index contributed by atoms with van der Waals surface area (Å²) >= 11 is 0. The van der Waals surface area contributed by atoms with Crippen molar-refractivity contribution in [2.75, 3.05) is 27.4 Å². The van der Waals surface area contributed by atoms with Gasteiger partial charge in [-0.05, 0) is 19.1 Å². The fourth-order valence-electron chi connectivity index (χ4n) is 2.12. The molecule has 1 aliphatic heterocycles. The highest BCUT2D eigenvalue weighted by molar-refractivity contribution is 5.55. The van der Waals surface area contributed by atoms with E-state index in [2.05, 4.69) is 6.07 Å². The number of hydrogen-bond acceptors (Lipinski definition) is 4. The maximum Gasteiger partial charge on any atom is 0.132 e. The molecule has 0 bridgehead atoms. The second kappa shape index (κ2) is 4.27. The Morgan fingerprint density at radius 2 is 2.00 bits per heavy atom. The smallest absolute Gasteiger partial charge is 0.132 e. The Hall–Kier alpha value is -1.73. The zero-order valence-corrected chi connectivity index (χ0v) is 10.2. The van der Waals surface area contributed by atoms with E-state index in [1.807, 2.05) is 19.1 Å². The highest BCUT2D eigenvalue weighted by atomic mass is 16.5. The molecule has 90 valence electrons. The van der Waals surface area contributed by atoms with E-state index in [-0.39, 0.29) is 0 Å². The molecule has 0 N–H and O–H groups in total.